The average molecular weight is 395 g/mol. The Morgan fingerprint density at radius 2 is 2.03 bits per heavy atom. The van der Waals surface area contributed by atoms with E-state index in [0.29, 0.717) is 30.7 Å². The first-order chi connectivity index (χ1) is 14.2. The number of benzene rings is 2. The maximum absolute atomic E-state index is 12.6. The highest BCUT2D eigenvalue weighted by molar-refractivity contribution is 6.04. The molecule has 0 saturated carbocycles. The number of nitrogens with one attached hydrogen (secondary N) is 2. The zero-order valence-electron chi connectivity index (χ0n) is 15.9. The molecule has 0 bridgehead atoms. The summed E-state index contributed by atoms with van der Waals surface area (Å²) in [5, 5.41) is 11.8. The predicted molar refractivity (Wildman–Crippen MR) is 106 cm³/mol. The van der Waals surface area contributed by atoms with Gasteiger partial charge in [0, 0.05) is 18.2 Å². The monoisotopic (exact) mass is 395 g/mol. The van der Waals surface area contributed by atoms with Crippen LogP contribution in [0.25, 0.3) is 10.8 Å². The molecule has 9 heteroatoms. The molecule has 0 fully saturated rings. The molecule has 150 valence electrons. The van der Waals surface area contributed by atoms with E-state index >= 15 is 0 Å². The number of amides is 2. The molecule has 1 atom stereocenters. The number of anilines is 2. The molecule has 9 nitrogen and oxygen atoms in total. The van der Waals surface area contributed by atoms with Gasteiger partial charge < -0.3 is 14.8 Å². The Labute approximate surface area is 167 Å². The molecule has 2 N–H and O–H groups in total. The molecule has 2 heterocycles. The lowest BCUT2D eigenvalue weighted by molar-refractivity contribution is -0.123. The third-order valence-electron chi connectivity index (χ3n) is 4.61. The summed E-state index contributed by atoms with van der Waals surface area (Å²) in [6, 6.07) is 12.7. The van der Waals surface area contributed by atoms with Crippen molar-refractivity contribution in [2.75, 3.05) is 31.0 Å². The summed E-state index contributed by atoms with van der Waals surface area (Å²) < 4.78 is 11.8. The van der Waals surface area contributed by atoms with Crippen molar-refractivity contribution in [3.63, 3.8) is 0 Å². The number of ether oxygens (including phenoxy) is 2. The van der Waals surface area contributed by atoms with E-state index in [1.807, 2.05) is 42.5 Å². The minimum Gasteiger partial charge on any atom is -0.382 e. The van der Waals surface area contributed by atoms with Gasteiger partial charge in [-0.15, -0.1) is 0 Å². The largest absolute Gasteiger partial charge is 0.382 e. The molecule has 2 amide bonds. The third kappa shape index (κ3) is 4.10. The summed E-state index contributed by atoms with van der Waals surface area (Å²) >= 11 is 0. The Bertz CT molecular complexity index is 1040. The smallest absolute Gasteiger partial charge is 0.252 e. The van der Waals surface area contributed by atoms with E-state index in [1.54, 1.807) is 7.11 Å². The average Bonchev–Trinajstić information content (AvgIpc) is 3.23. The molecule has 0 aliphatic carbocycles. The van der Waals surface area contributed by atoms with E-state index < -0.39 is 6.04 Å². The maximum Gasteiger partial charge on any atom is 0.252 e. The summed E-state index contributed by atoms with van der Waals surface area (Å²) in [6.07, 6.45) is -0.0462. The fourth-order valence-corrected chi connectivity index (χ4v) is 3.23. The number of hydrogen-bond donors (Lipinski definition) is 2. The number of methoxy groups -OCH3 is 1. The zero-order valence-corrected chi connectivity index (χ0v) is 15.9. The number of nitrogens with zero attached hydrogens (tertiary/aromatic N) is 3. The Balaban J connectivity index is 1.43. The highest BCUT2D eigenvalue weighted by Gasteiger charge is 2.35. The normalized spacial score (nSPS) is 15.3. The van der Waals surface area contributed by atoms with Gasteiger partial charge in [0.2, 0.25) is 11.9 Å². The second-order valence-corrected chi connectivity index (χ2v) is 6.63. The predicted octanol–water partition coefficient (Wildman–Crippen LogP) is 2.12. The molecule has 1 aliphatic heterocycles. The van der Waals surface area contributed by atoms with Gasteiger partial charge in [-0.05, 0) is 11.5 Å². The Kier molecular flexibility index (Phi) is 5.50. The van der Waals surface area contributed by atoms with Crippen LogP contribution in [0.1, 0.15) is 18.3 Å². The van der Waals surface area contributed by atoms with Gasteiger partial charge in [-0.3, -0.25) is 14.9 Å². The van der Waals surface area contributed by atoms with Crippen LogP contribution in [-0.2, 0) is 25.7 Å². The topological polar surface area (TPSA) is 107 Å². The maximum atomic E-state index is 12.6. The molecule has 4 rings (SSSR count). The Morgan fingerprint density at radius 3 is 2.90 bits per heavy atom. The van der Waals surface area contributed by atoms with Crippen LogP contribution in [-0.4, -0.2) is 46.9 Å². The minimum atomic E-state index is -0.750. The van der Waals surface area contributed by atoms with E-state index in [2.05, 4.69) is 20.7 Å². The van der Waals surface area contributed by atoms with Gasteiger partial charge in [-0.2, -0.15) is 10.1 Å². The third-order valence-corrected chi connectivity index (χ3v) is 4.61. The molecule has 0 saturated heterocycles. The first-order valence-corrected chi connectivity index (χ1v) is 9.26. The number of rotatable bonds is 8. The highest BCUT2D eigenvalue weighted by Crippen LogP contribution is 2.27. The molecule has 3 aromatic rings. The van der Waals surface area contributed by atoms with Crippen LogP contribution in [0, 0.1) is 0 Å². The quantitative estimate of drug-likeness (QED) is 0.566. The lowest BCUT2D eigenvalue weighted by Gasteiger charge is -2.11. The number of carbonyl (C=O) groups excluding carboxylic acids is 2. The van der Waals surface area contributed by atoms with Crippen molar-refractivity contribution in [2.45, 2.75) is 19.1 Å². The van der Waals surface area contributed by atoms with Crippen molar-refractivity contribution >= 4 is 34.2 Å². The van der Waals surface area contributed by atoms with Gasteiger partial charge in [0.1, 0.15) is 12.6 Å². The van der Waals surface area contributed by atoms with Crippen molar-refractivity contribution in [1.82, 2.24) is 14.8 Å². The summed E-state index contributed by atoms with van der Waals surface area (Å²) in [5.74, 6) is 0.182. The molecular weight excluding hydrogens is 374 g/mol. The lowest BCUT2D eigenvalue weighted by Crippen LogP contribution is -2.24. The first kappa shape index (κ1) is 19.0. The zero-order chi connectivity index (χ0) is 20.2. The van der Waals surface area contributed by atoms with Crippen molar-refractivity contribution in [3.05, 3.63) is 48.3 Å². The van der Waals surface area contributed by atoms with Crippen LogP contribution < -0.4 is 10.6 Å². The van der Waals surface area contributed by atoms with Crippen molar-refractivity contribution in [2.24, 2.45) is 0 Å². The molecular formula is C20H21N5O4. The molecule has 0 unspecified atom stereocenters. The number of carbonyl (C=O) groups is 2. The summed E-state index contributed by atoms with van der Waals surface area (Å²) in [5.41, 5.74) is 0.706. The van der Waals surface area contributed by atoms with E-state index in [-0.39, 0.29) is 24.8 Å². The SMILES string of the molecule is COCCOCc1nc2n(n1)[C@H](CC(=O)Nc1cccc3ccccc13)C(=O)N2. The van der Waals surface area contributed by atoms with Gasteiger partial charge in [-0.25, -0.2) is 4.68 Å². The molecule has 29 heavy (non-hydrogen) atoms. The molecule has 1 aromatic heterocycles. The van der Waals surface area contributed by atoms with Crippen LogP contribution in [0.2, 0.25) is 0 Å². The molecule has 1 aliphatic rings. The molecule has 2 aromatic carbocycles. The fourth-order valence-electron chi connectivity index (χ4n) is 3.23. The standard InChI is InChI=1S/C20H21N5O4/c1-28-9-10-29-12-17-22-20-23-19(27)16(25(20)24-17)11-18(26)21-15-8-4-6-13-5-2-3-7-14(13)15/h2-8,16H,9-12H2,1H3,(H,21,26)(H,22,23,24,27)/t16-/m1/s1. The van der Waals surface area contributed by atoms with Gasteiger partial charge in [-0.1, -0.05) is 36.4 Å². The molecule has 0 spiro atoms. The van der Waals surface area contributed by atoms with E-state index in [9.17, 15) is 9.59 Å². The van der Waals surface area contributed by atoms with Crippen molar-refractivity contribution in [3.8, 4) is 0 Å². The van der Waals surface area contributed by atoms with Crippen molar-refractivity contribution < 1.29 is 19.1 Å². The summed E-state index contributed by atoms with van der Waals surface area (Å²) in [6.45, 7) is 1.10. The van der Waals surface area contributed by atoms with Crippen molar-refractivity contribution in [1.29, 1.82) is 0 Å². The second kappa shape index (κ2) is 8.38. The van der Waals surface area contributed by atoms with E-state index in [4.69, 9.17) is 9.47 Å². The highest BCUT2D eigenvalue weighted by atomic mass is 16.5. The number of fused-ring (bicyclic) bond motifs is 2. The number of hydrogen-bond acceptors (Lipinski definition) is 6. The van der Waals surface area contributed by atoms with Gasteiger partial charge in [0.25, 0.3) is 5.91 Å². The summed E-state index contributed by atoms with van der Waals surface area (Å²) in [7, 11) is 1.59. The van der Waals surface area contributed by atoms with Gasteiger partial charge >= 0.3 is 0 Å². The Morgan fingerprint density at radius 1 is 1.21 bits per heavy atom. The fraction of sp³-hybridized carbons (Fsp3) is 0.300. The van der Waals surface area contributed by atoms with Crippen LogP contribution >= 0.6 is 0 Å². The van der Waals surface area contributed by atoms with E-state index in [0.717, 1.165) is 10.8 Å². The number of aromatic nitrogens is 3. The second-order valence-electron chi connectivity index (χ2n) is 6.63. The van der Waals surface area contributed by atoms with Gasteiger partial charge in [0.15, 0.2) is 5.82 Å². The van der Waals surface area contributed by atoms with Gasteiger partial charge in [0.05, 0.1) is 19.6 Å². The van der Waals surface area contributed by atoms with Crippen LogP contribution in [0.4, 0.5) is 11.6 Å². The Hall–Kier alpha value is -3.30. The minimum absolute atomic E-state index is 0.0462. The van der Waals surface area contributed by atoms with Crippen LogP contribution in [0.5, 0.6) is 0 Å². The lowest BCUT2D eigenvalue weighted by atomic mass is 10.1. The molecule has 0 radical (unpaired) electrons. The van der Waals surface area contributed by atoms with E-state index in [1.165, 1.54) is 4.68 Å². The first-order valence-electron chi connectivity index (χ1n) is 9.26. The van der Waals surface area contributed by atoms with Crippen LogP contribution in [0.3, 0.4) is 0 Å². The van der Waals surface area contributed by atoms with Crippen LogP contribution in [0.15, 0.2) is 42.5 Å². The summed E-state index contributed by atoms with van der Waals surface area (Å²) in [4.78, 5) is 29.1.